The molecule has 2 aliphatic carbocycles. The van der Waals surface area contributed by atoms with E-state index in [2.05, 4.69) is 67.5 Å². The van der Waals surface area contributed by atoms with Crippen molar-refractivity contribution in [2.45, 2.75) is 74.0 Å². The Kier molecular flexibility index (Phi) is 5.04. The van der Waals surface area contributed by atoms with Gasteiger partial charge in [-0.3, -0.25) is 0 Å². The van der Waals surface area contributed by atoms with Crippen LogP contribution in [0.4, 0.5) is 0 Å². The van der Waals surface area contributed by atoms with Gasteiger partial charge in [-0.2, -0.15) is 0 Å². The van der Waals surface area contributed by atoms with Crippen molar-refractivity contribution in [2.75, 3.05) is 0 Å². The van der Waals surface area contributed by atoms with E-state index >= 15 is 0 Å². The largest absolute Gasteiger partial charge is 0.388 e. The van der Waals surface area contributed by atoms with E-state index in [1.807, 2.05) is 24.3 Å². The lowest BCUT2D eigenvalue weighted by Crippen LogP contribution is -2.43. The van der Waals surface area contributed by atoms with Gasteiger partial charge < -0.3 is 10.2 Å². The summed E-state index contributed by atoms with van der Waals surface area (Å²) >= 11 is 0. The van der Waals surface area contributed by atoms with Crippen LogP contribution >= 0.6 is 0 Å². The van der Waals surface area contributed by atoms with Crippen LogP contribution in [-0.2, 0) is 0 Å². The summed E-state index contributed by atoms with van der Waals surface area (Å²) in [5.41, 5.74) is 1.81. The smallest absolute Gasteiger partial charge is 0.0817 e. The van der Waals surface area contributed by atoms with E-state index in [0.717, 1.165) is 6.42 Å². The lowest BCUT2D eigenvalue weighted by molar-refractivity contribution is 0.0236. The van der Waals surface area contributed by atoms with Crippen molar-refractivity contribution in [2.24, 2.45) is 21.7 Å². The Labute approximate surface area is 154 Å². The molecule has 4 unspecified atom stereocenters. The van der Waals surface area contributed by atoms with Gasteiger partial charge in [-0.25, -0.2) is 0 Å². The molecular weight excluding hydrogens is 308 g/mol. The average molecular weight is 345 g/mol. The molecule has 0 fully saturated rings. The molecule has 2 heteroatoms. The van der Waals surface area contributed by atoms with Crippen molar-refractivity contribution in [1.82, 2.24) is 0 Å². The van der Waals surface area contributed by atoms with Crippen molar-refractivity contribution in [1.29, 1.82) is 0 Å². The molecule has 2 N–H and O–H groups in total. The fourth-order valence-corrected chi connectivity index (χ4v) is 3.64. The third-order valence-corrected chi connectivity index (χ3v) is 6.82. The Morgan fingerprint density at radius 1 is 0.760 bits per heavy atom. The molecule has 2 rings (SSSR count). The van der Waals surface area contributed by atoms with E-state index < -0.39 is 12.2 Å². The first-order valence-corrected chi connectivity index (χ1v) is 9.37. The van der Waals surface area contributed by atoms with Crippen molar-refractivity contribution in [3.63, 3.8) is 0 Å². The number of hydrogen-bond donors (Lipinski definition) is 2. The summed E-state index contributed by atoms with van der Waals surface area (Å²) in [6.45, 7) is 17.3. The minimum atomic E-state index is -0.464. The number of rotatable bonds is 2. The first-order valence-electron chi connectivity index (χ1n) is 9.37. The summed E-state index contributed by atoms with van der Waals surface area (Å²) in [6.07, 6.45) is 12.3. The molecule has 0 heterocycles. The summed E-state index contributed by atoms with van der Waals surface area (Å²) in [6, 6.07) is 0. The van der Waals surface area contributed by atoms with E-state index in [9.17, 15) is 10.2 Å². The molecule has 0 amide bonds. The van der Waals surface area contributed by atoms with E-state index in [1.54, 1.807) is 0 Å². The monoisotopic (exact) mass is 344 g/mol. The highest BCUT2D eigenvalue weighted by Crippen LogP contribution is 2.48. The number of hydrogen-bond acceptors (Lipinski definition) is 2. The highest BCUT2D eigenvalue weighted by atomic mass is 16.3. The third kappa shape index (κ3) is 3.57. The molecule has 0 aromatic rings. The number of allylic oxidation sites excluding steroid dienone is 4. The van der Waals surface area contributed by atoms with Crippen molar-refractivity contribution in [3.05, 3.63) is 47.6 Å². The Bertz CT molecular complexity index is 580. The lowest BCUT2D eigenvalue weighted by Gasteiger charge is -2.45. The van der Waals surface area contributed by atoms with Gasteiger partial charge in [0, 0.05) is 10.8 Å². The predicted molar refractivity (Wildman–Crippen MR) is 106 cm³/mol. The van der Waals surface area contributed by atoms with Crippen molar-refractivity contribution < 1.29 is 10.2 Å². The summed E-state index contributed by atoms with van der Waals surface area (Å²) in [4.78, 5) is 0. The molecule has 0 spiro atoms. The fourth-order valence-electron chi connectivity index (χ4n) is 3.64. The molecule has 25 heavy (non-hydrogen) atoms. The van der Waals surface area contributed by atoms with Crippen molar-refractivity contribution in [3.8, 4) is 0 Å². The van der Waals surface area contributed by atoms with Crippen LogP contribution in [0.25, 0.3) is 0 Å². The van der Waals surface area contributed by atoms with Gasteiger partial charge in [0.25, 0.3) is 0 Å². The first kappa shape index (κ1) is 20.2. The van der Waals surface area contributed by atoms with Gasteiger partial charge in [-0.05, 0) is 28.4 Å². The van der Waals surface area contributed by atoms with Gasteiger partial charge in [0.05, 0.1) is 12.2 Å². The van der Waals surface area contributed by atoms with Crippen LogP contribution in [0.3, 0.4) is 0 Å². The van der Waals surface area contributed by atoms with E-state index in [4.69, 9.17) is 0 Å². The summed E-state index contributed by atoms with van der Waals surface area (Å²) in [5, 5.41) is 21.0. The summed E-state index contributed by atoms with van der Waals surface area (Å²) < 4.78 is 0. The van der Waals surface area contributed by atoms with Gasteiger partial charge >= 0.3 is 0 Å². The molecule has 0 aliphatic heterocycles. The highest BCUT2D eigenvalue weighted by molar-refractivity contribution is 5.40. The molecule has 0 bridgehead atoms. The molecule has 4 atom stereocenters. The molecule has 0 saturated heterocycles. The van der Waals surface area contributed by atoms with Crippen LogP contribution in [0.15, 0.2) is 47.6 Å². The van der Waals surface area contributed by atoms with E-state index in [-0.39, 0.29) is 21.7 Å². The Hall–Kier alpha value is -1.12. The van der Waals surface area contributed by atoms with Crippen LogP contribution in [-0.4, -0.2) is 22.4 Å². The van der Waals surface area contributed by atoms with Gasteiger partial charge in [0.1, 0.15) is 0 Å². The molecule has 2 nitrogen and oxygen atoms in total. The molecule has 0 radical (unpaired) electrons. The molecule has 0 saturated carbocycles. The van der Waals surface area contributed by atoms with Gasteiger partial charge in [0.2, 0.25) is 0 Å². The second-order valence-corrected chi connectivity index (χ2v) is 10.3. The Morgan fingerprint density at radius 2 is 1.08 bits per heavy atom. The maximum atomic E-state index is 10.5. The zero-order valence-corrected chi connectivity index (χ0v) is 17.2. The maximum Gasteiger partial charge on any atom is 0.0817 e. The number of aliphatic hydroxyl groups excluding tert-OH is 2. The second-order valence-electron chi connectivity index (χ2n) is 10.3. The highest BCUT2D eigenvalue weighted by Gasteiger charge is 2.44. The normalized spacial score (nSPS) is 36.2. The van der Waals surface area contributed by atoms with Gasteiger partial charge in [-0.1, -0.05) is 91.8 Å². The maximum absolute atomic E-state index is 10.5. The van der Waals surface area contributed by atoms with Gasteiger partial charge in [0.15, 0.2) is 0 Å². The zero-order valence-electron chi connectivity index (χ0n) is 17.2. The zero-order chi connectivity index (χ0) is 19.3. The minimum absolute atomic E-state index is 0.0324. The van der Waals surface area contributed by atoms with Crippen LogP contribution in [0.5, 0.6) is 0 Å². The lowest BCUT2D eigenvalue weighted by atomic mass is 9.61. The van der Waals surface area contributed by atoms with Crippen LogP contribution in [0, 0.1) is 21.7 Å². The predicted octanol–water partition coefficient (Wildman–Crippen LogP) is 5.20. The van der Waals surface area contributed by atoms with Crippen molar-refractivity contribution >= 4 is 0 Å². The third-order valence-electron chi connectivity index (χ3n) is 6.82. The Morgan fingerprint density at radius 3 is 1.36 bits per heavy atom. The topological polar surface area (TPSA) is 40.5 Å². The fraction of sp³-hybridized carbons (Fsp3) is 0.652. The molecular formula is C23H36O2. The SMILES string of the molecule is CC(C)(C)C1(C)C=C(CC2=CC(C)(C(C)(C)C)C(O)C=C2)C=CC1O. The standard InChI is InChI=1S/C23H36O2/c1-20(2,3)22(7)14-16(9-11-18(22)24)13-17-10-12-19(25)23(8,15-17)21(4,5)6/h9-12,14-15,18-19,24-25H,13H2,1-8H3. The molecule has 0 aromatic heterocycles. The first-order chi connectivity index (χ1) is 11.2. The molecule has 0 aromatic carbocycles. The van der Waals surface area contributed by atoms with E-state index in [0.29, 0.717) is 0 Å². The second kappa shape index (κ2) is 6.25. The summed E-state index contributed by atoms with van der Waals surface area (Å²) in [7, 11) is 0. The summed E-state index contributed by atoms with van der Waals surface area (Å²) in [5.74, 6) is 0. The van der Waals surface area contributed by atoms with Crippen LogP contribution in [0.1, 0.15) is 61.8 Å². The molecule has 140 valence electrons. The molecule has 2 aliphatic rings. The number of aliphatic hydroxyl groups is 2. The minimum Gasteiger partial charge on any atom is -0.388 e. The quantitative estimate of drug-likeness (QED) is 0.723. The van der Waals surface area contributed by atoms with E-state index in [1.165, 1.54) is 11.1 Å². The Balaban J connectivity index is 2.34. The van der Waals surface area contributed by atoms with Gasteiger partial charge in [-0.15, -0.1) is 0 Å². The van der Waals surface area contributed by atoms with Crippen LogP contribution in [0.2, 0.25) is 0 Å². The van der Waals surface area contributed by atoms with Crippen LogP contribution < -0.4 is 0 Å². The average Bonchev–Trinajstić information content (AvgIpc) is 2.44.